The van der Waals surface area contributed by atoms with E-state index < -0.39 is 6.67 Å². The molecule has 0 aliphatic carbocycles. The molecule has 0 saturated carbocycles. The van der Waals surface area contributed by atoms with Crippen LogP contribution in [0, 0.1) is 0 Å². The van der Waals surface area contributed by atoms with Crippen LogP contribution in [0.25, 0.3) is 0 Å². The van der Waals surface area contributed by atoms with Crippen LogP contribution in [-0.4, -0.2) is 17.8 Å². The summed E-state index contributed by atoms with van der Waals surface area (Å²) < 4.78 is 11.2. The number of alkyl halides is 2. The van der Waals surface area contributed by atoms with Crippen molar-refractivity contribution >= 4 is 21.7 Å². The summed E-state index contributed by atoms with van der Waals surface area (Å²) in [5, 5.41) is 0.275. The van der Waals surface area contributed by atoms with Crippen molar-refractivity contribution in [1.29, 1.82) is 0 Å². The molecular formula is C4H6BrFO. The van der Waals surface area contributed by atoms with E-state index in [4.69, 9.17) is 0 Å². The first-order valence-corrected chi connectivity index (χ1v) is 3.07. The maximum atomic E-state index is 11.2. The van der Waals surface area contributed by atoms with Crippen LogP contribution in [0.1, 0.15) is 6.42 Å². The van der Waals surface area contributed by atoms with Crippen LogP contribution >= 0.6 is 15.9 Å². The molecule has 0 heterocycles. The van der Waals surface area contributed by atoms with Crippen molar-refractivity contribution in [2.24, 2.45) is 0 Å². The Labute approximate surface area is 50.0 Å². The molecule has 0 saturated heterocycles. The molecule has 3 heteroatoms. The molecule has 0 amide bonds. The summed E-state index contributed by atoms with van der Waals surface area (Å²) in [7, 11) is 0. The van der Waals surface area contributed by atoms with E-state index in [1.807, 2.05) is 0 Å². The summed E-state index contributed by atoms with van der Waals surface area (Å²) in [6.45, 7) is -0.537. The summed E-state index contributed by atoms with van der Waals surface area (Å²) in [4.78, 5) is 10.1. The zero-order valence-corrected chi connectivity index (χ0v) is 5.37. The van der Waals surface area contributed by atoms with Crippen LogP contribution in [0.4, 0.5) is 4.39 Å². The first-order valence-electron chi connectivity index (χ1n) is 1.95. The van der Waals surface area contributed by atoms with Gasteiger partial charge in [0.15, 0.2) is 0 Å². The second kappa shape index (κ2) is 4.24. The number of hydrogen-bond donors (Lipinski definition) is 0. The number of hydrogen-bond acceptors (Lipinski definition) is 1. The average molecular weight is 169 g/mol. The standard InChI is InChI=1S/C4H6BrFO/c5-3-4(7)1-2-6/h1-3H2. The van der Waals surface area contributed by atoms with Gasteiger partial charge in [-0.25, -0.2) is 0 Å². The topological polar surface area (TPSA) is 17.1 Å². The van der Waals surface area contributed by atoms with Crippen molar-refractivity contribution in [2.75, 3.05) is 12.0 Å². The first-order chi connectivity index (χ1) is 3.31. The summed E-state index contributed by atoms with van der Waals surface area (Å²) in [6.07, 6.45) is 0.0469. The van der Waals surface area contributed by atoms with Gasteiger partial charge in [0.1, 0.15) is 5.78 Å². The monoisotopic (exact) mass is 168 g/mol. The lowest BCUT2D eigenvalue weighted by Crippen LogP contribution is -1.98. The van der Waals surface area contributed by atoms with E-state index in [1.54, 1.807) is 0 Å². The SMILES string of the molecule is O=C(CBr)CCF. The minimum absolute atomic E-state index is 0.0469. The van der Waals surface area contributed by atoms with Gasteiger partial charge in [-0.3, -0.25) is 9.18 Å². The molecule has 1 nitrogen and oxygen atoms in total. The van der Waals surface area contributed by atoms with Crippen molar-refractivity contribution < 1.29 is 9.18 Å². The highest BCUT2D eigenvalue weighted by molar-refractivity contribution is 9.09. The lowest BCUT2D eigenvalue weighted by molar-refractivity contribution is -0.116. The zero-order chi connectivity index (χ0) is 5.70. The van der Waals surface area contributed by atoms with Crippen LogP contribution < -0.4 is 0 Å². The Morgan fingerprint density at radius 2 is 2.29 bits per heavy atom. The van der Waals surface area contributed by atoms with Crippen LogP contribution in [-0.2, 0) is 4.79 Å². The predicted octanol–water partition coefficient (Wildman–Crippen LogP) is 1.31. The van der Waals surface area contributed by atoms with Crippen LogP contribution in [0.5, 0.6) is 0 Å². The summed E-state index contributed by atoms with van der Waals surface area (Å²) in [6, 6.07) is 0. The molecule has 0 unspecified atom stereocenters. The maximum absolute atomic E-state index is 11.2. The largest absolute Gasteiger partial charge is 0.299 e. The van der Waals surface area contributed by atoms with Gasteiger partial charge in [0.2, 0.25) is 0 Å². The van der Waals surface area contributed by atoms with E-state index >= 15 is 0 Å². The second-order valence-corrected chi connectivity index (χ2v) is 1.67. The molecule has 0 N–H and O–H groups in total. The summed E-state index contributed by atoms with van der Waals surface area (Å²) >= 11 is 2.90. The Bertz CT molecular complexity index is 64.7. The highest BCUT2D eigenvalue weighted by atomic mass is 79.9. The number of carbonyl (C=O) groups is 1. The summed E-state index contributed by atoms with van der Waals surface area (Å²) in [5.74, 6) is -0.0810. The van der Waals surface area contributed by atoms with E-state index in [1.165, 1.54) is 0 Å². The van der Waals surface area contributed by atoms with Gasteiger partial charge in [0.05, 0.1) is 12.0 Å². The van der Waals surface area contributed by atoms with Gasteiger partial charge in [-0.2, -0.15) is 0 Å². The number of halogens is 2. The minimum atomic E-state index is -0.537. The molecule has 0 aromatic heterocycles. The smallest absolute Gasteiger partial charge is 0.145 e. The van der Waals surface area contributed by atoms with E-state index in [2.05, 4.69) is 15.9 Å². The highest BCUT2D eigenvalue weighted by Crippen LogP contribution is 1.88. The van der Waals surface area contributed by atoms with Crippen LogP contribution in [0.15, 0.2) is 0 Å². The highest BCUT2D eigenvalue weighted by Gasteiger charge is 1.94. The Morgan fingerprint density at radius 3 is 2.43 bits per heavy atom. The van der Waals surface area contributed by atoms with Gasteiger partial charge in [-0.1, -0.05) is 15.9 Å². The van der Waals surface area contributed by atoms with E-state index in [0.29, 0.717) is 0 Å². The molecular weight excluding hydrogens is 163 g/mol. The van der Waals surface area contributed by atoms with E-state index in [0.717, 1.165) is 0 Å². The number of Topliss-reactive ketones (excluding diaryl/α,β-unsaturated/α-hetero) is 1. The number of rotatable bonds is 3. The van der Waals surface area contributed by atoms with Crippen LogP contribution in [0.2, 0.25) is 0 Å². The maximum Gasteiger partial charge on any atom is 0.145 e. The molecule has 0 fully saturated rings. The lowest BCUT2D eigenvalue weighted by Gasteiger charge is -1.84. The lowest BCUT2D eigenvalue weighted by atomic mass is 10.3. The van der Waals surface area contributed by atoms with Crippen molar-refractivity contribution in [2.45, 2.75) is 6.42 Å². The van der Waals surface area contributed by atoms with E-state index in [-0.39, 0.29) is 17.5 Å². The fourth-order valence-corrected chi connectivity index (χ4v) is 0.453. The second-order valence-electron chi connectivity index (χ2n) is 1.11. The summed E-state index contributed by atoms with van der Waals surface area (Å²) in [5.41, 5.74) is 0. The Morgan fingerprint density at radius 1 is 1.71 bits per heavy atom. The normalized spacial score (nSPS) is 8.86. The first kappa shape index (κ1) is 7.08. The van der Waals surface area contributed by atoms with Crippen molar-refractivity contribution in [1.82, 2.24) is 0 Å². The van der Waals surface area contributed by atoms with Crippen molar-refractivity contribution in [3.8, 4) is 0 Å². The third-order valence-corrected chi connectivity index (χ3v) is 1.15. The van der Waals surface area contributed by atoms with Crippen LogP contribution in [0.3, 0.4) is 0 Å². The van der Waals surface area contributed by atoms with Gasteiger partial charge in [0.25, 0.3) is 0 Å². The van der Waals surface area contributed by atoms with Crippen molar-refractivity contribution in [3.05, 3.63) is 0 Å². The molecule has 0 aromatic carbocycles. The van der Waals surface area contributed by atoms with Gasteiger partial charge in [-0.15, -0.1) is 0 Å². The molecule has 0 radical (unpaired) electrons. The molecule has 0 aromatic rings. The van der Waals surface area contributed by atoms with E-state index in [9.17, 15) is 9.18 Å². The quantitative estimate of drug-likeness (QED) is 0.582. The molecule has 0 bridgehead atoms. The Hall–Kier alpha value is 0.0800. The van der Waals surface area contributed by atoms with Gasteiger partial charge in [-0.05, 0) is 0 Å². The number of carbonyl (C=O) groups excluding carboxylic acids is 1. The third-order valence-electron chi connectivity index (χ3n) is 0.522. The molecule has 0 aliphatic rings. The Balaban J connectivity index is 3.00. The fourth-order valence-electron chi connectivity index (χ4n) is 0.172. The average Bonchev–Trinajstić information content (AvgIpc) is 1.68. The number of ketones is 1. The van der Waals surface area contributed by atoms with Gasteiger partial charge in [0, 0.05) is 6.42 Å². The molecule has 0 spiro atoms. The minimum Gasteiger partial charge on any atom is -0.299 e. The zero-order valence-electron chi connectivity index (χ0n) is 3.79. The van der Waals surface area contributed by atoms with Crippen molar-refractivity contribution in [3.63, 3.8) is 0 Å². The van der Waals surface area contributed by atoms with Gasteiger partial charge < -0.3 is 0 Å². The predicted molar refractivity (Wildman–Crippen MR) is 29.4 cm³/mol. The third kappa shape index (κ3) is 3.92. The molecule has 42 valence electrons. The molecule has 0 aliphatic heterocycles. The molecule has 7 heavy (non-hydrogen) atoms. The molecule has 0 atom stereocenters. The van der Waals surface area contributed by atoms with Gasteiger partial charge >= 0.3 is 0 Å². The molecule has 0 rings (SSSR count). The Kier molecular flexibility index (Phi) is 4.29. The fraction of sp³-hybridized carbons (Fsp3) is 0.750.